The molecule has 5 heteroatoms. The van der Waals surface area contributed by atoms with Gasteiger partial charge in [0.05, 0.1) is 10.7 Å². The number of hydrogen-bond acceptors (Lipinski definition) is 4. The van der Waals surface area contributed by atoms with E-state index >= 15 is 0 Å². The van der Waals surface area contributed by atoms with Gasteiger partial charge >= 0.3 is 0 Å². The Hall–Kier alpha value is -0.940. The van der Waals surface area contributed by atoms with Crippen LogP contribution in [0.25, 0.3) is 0 Å². The fraction of sp³-hybridized carbons (Fsp3) is 0.714. The van der Waals surface area contributed by atoms with E-state index in [0.717, 1.165) is 41.4 Å². The largest absolute Gasteiger partial charge is 0.349 e. The van der Waals surface area contributed by atoms with Gasteiger partial charge in [-0.2, -0.15) is 0 Å². The number of likely N-dealkylation sites (tertiary alicyclic amines) is 1. The van der Waals surface area contributed by atoms with Crippen molar-refractivity contribution in [3.8, 4) is 0 Å². The lowest BCUT2D eigenvalue weighted by Gasteiger charge is -2.12. The molecule has 19 heavy (non-hydrogen) atoms. The minimum atomic E-state index is 0.0740. The zero-order valence-electron chi connectivity index (χ0n) is 11.4. The van der Waals surface area contributed by atoms with E-state index in [1.165, 1.54) is 25.9 Å². The second kappa shape index (κ2) is 5.59. The second-order valence-corrected chi connectivity index (χ2v) is 6.65. The van der Waals surface area contributed by atoms with E-state index in [9.17, 15) is 4.79 Å². The summed E-state index contributed by atoms with van der Waals surface area (Å²) in [6, 6.07) is 0.419. The Morgan fingerprint density at radius 1 is 1.42 bits per heavy atom. The van der Waals surface area contributed by atoms with Gasteiger partial charge in [0.2, 0.25) is 0 Å². The Balaban J connectivity index is 1.57. The first-order valence-electron chi connectivity index (χ1n) is 7.22. The molecule has 2 aliphatic rings. The molecule has 1 aromatic heterocycles. The van der Waals surface area contributed by atoms with Gasteiger partial charge in [-0.3, -0.25) is 4.79 Å². The normalized spacial score (nSPS) is 19.8. The van der Waals surface area contributed by atoms with Crippen LogP contribution in [0.3, 0.4) is 0 Å². The number of rotatable bonds is 5. The molecule has 0 radical (unpaired) electrons. The number of nitrogens with zero attached hydrogens (tertiary/aromatic N) is 2. The van der Waals surface area contributed by atoms with Gasteiger partial charge in [0.1, 0.15) is 4.88 Å². The zero-order valence-corrected chi connectivity index (χ0v) is 12.3. The van der Waals surface area contributed by atoms with E-state index < -0.39 is 0 Å². The van der Waals surface area contributed by atoms with Gasteiger partial charge in [-0.15, -0.1) is 11.3 Å². The van der Waals surface area contributed by atoms with Crippen LogP contribution in [0.15, 0.2) is 0 Å². The molecule has 1 aliphatic carbocycles. The number of thiazole rings is 1. The molecule has 1 aromatic rings. The summed E-state index contributed by atoms with van der Waals surface area (Å²) in [5.74, 6) is 0.0740. The summed E-state index contributed by atoms with van der Waals surface area (Å²) in [6.07, 6.45) is 5.89. The predicted octanol–water partition coefficient (Wildman–Crippen LogP) is 1.98. The third-order valence-electron chi connectivity index (χ3n) is 3.80. The lowest BCUT2D eigenvalue weighted by Crippen LogP contribution is -2.25. The van der Waals surface area contributed by atoms with Crippen molar-refractivity contribution in [2.24, 2.45) is 0 Å². The van der Waals surface area contributed by atoms with E-state index in [1.54, 1.807) is 11.3 Å². The van der Waals surface area contributed by atoms with Gasteiger partial charge in [-0.1, -0.05) is 0 Å². The van der Waals surface area contributed by atoms with Gasteiger partial charge in [0, 0.05) is 19.0 Å². The molecule has 1 N–H and O–H groups in total. The molecule has 1 saturated carbocycles. The van der Waals surface area contributed by atoms with Crippen molar-refractivity contribution >= 4 is 17.2 Å². The highest BCUT2D eigenvalue weighted by Gasteiger charge is 2.25. The average molecular weight is 279 g/mol. The number of amides is 1. The lowest BCUT2D eigenvalue weighted by molar-refractivity contribution is 0.0954. The highest BCUT2D eigenvalue weighted by Crippen LogP contribution is 2.23. The zero-order chi connectivity index (χ0) is 13.2. The smallest absolute Gasteiger partial charge is 0.263 e. The number of carbonyl (C=O) groups is 1. The minimum absolute atomic E-state index is 0.0740. The van der Waals surface area contributed by atoms with E-state index in [-0.39, 0.29) is 5.91 Å². The molecule has 0 atom stereocenters. The van der Waals surface area contributed by atoms with Crippen molar-refractivity contribution in [2.75, 3.05) is 19.6 Å². The van der Waals surface area contributed by atoms with Crippen LogP contribution in [0.5, 0.6) is 0 Å². The van der Waals surface area contributed by atoms with Crippen LogP contribution >= 0.6 is 11.3 Å². The second-order valence-electron chi connectivity index (χ2n) is 5.57. The standard InChI is InChI=1S/C14H21N3OS/c1-10-13(14(18)16-11-4-5-11)19-12(15-10)6-9-17-7-2-3-8-17/h11H,2-9H2,1H3,(H,16,18). The molecule has 1 saturated heterocycles. The fourth-order valence-corrected chi connectivity index (χ4v) is 3.47. The first-order chi connectivity index (χ1) is 9.22. The number of aromatic nitrogens is 1. The van der Waals surface area contributed by atoms with E-state index in [0.29, 0.717) is 6.04 Å². The summed E-state index contributed by atoms with van der Waals surface area (Å²) in [7, 11) is 0. The van der Waals surface area contributed by atoms with Crippen molar-refractivity contribution in [3.63, 3.8) is 0 Å². The van der Waals surface area contributed by atoms with Crippen molar-refractivity contribution in [2.45, 2.75) is 45.1 Å². The monoisotopic (exact) mass is 279 g/mol. The summed E-state index contributed by atoms with van der Waals surface area (Å²) < 4.78 is 0. The van der Waals surface area contributed by atoms with Crippen LogP contribution in [-0.4, -0.2) is 41.5 Å². The first kappa shape index (κ1) is 13.1. The van der Waals surface area contributed by atoms with Crippen molar-refractivity contribution < 1.29 is 4.79 Å². The van der Waals surface area contributed by atoms with Gasteiger partial charge < -0.3 is 10.2 Å². The minimum Gasteiger partial charge on any atom is -0.349 e. The molecule has 1 aliphatic heterocycles. The summed E-state index contributed by atoms with van der Waals surface area (Å²) in [6.45, 7) is 5.47. The highest BCUT2D eigenvalue weighted by atomic mass is 32.1. The molecule has 0 bridgehead atoms. The maximum absolute atomic E-state index is 12.0. The topological polar surface area (TPSA) is 45.2 Å². The van der Waals surface area contributed by atoms with Crippen molar-refractivity contribution in [3.05, 3.63) is 15.6 Å². The Labute approximate surface area is 118 Å². The van der Waals surface area contributed by atoms with E-state index in [4.69, 9.17) is 0 Å². The Bertz CT molecular complexity index is 461. The van der Waals surface area contributed by atoms with Crippen molar-refractivity contribution in [1.82, 2.24) is 15.2 Å². The molecule has 4 nitrogen and oxygen atoms in total. The molecule has 0 unspecified atom stereocenters. The van der Waals surface area contributed by atoms with Gasteiger partial charge in [0.25, 0.3) is 5.91 Å². The van der Waals surface area contributed by atoms with Crippen LogP contribution in [0.4, 0.5) is 0 Å². The maximum Gasteiger partial charge on any atom is 0.263 e. The van der Waals surface area contributed by atoms with E-state index in [2.05, 4.69) is 15.2 Å². The highest BCUT2D eigenvalue weighted by molar-refractivity contribution is 7.13. The maximum atomic E-state index is 12.0. The Kier molecular flexibility index (Phi) is 3.84. The molecule has 3 rings (SSSR count). The number of carbonyl (C=O) groups excluding carboxylic acids is 1. The summed E-state index contributed by atoms with van der Waals surface area (Å²) in [5.41, 5.74) is 0.888. The molecule has 1 amide bonds. The average Bonchev–Trinajstić information content (AvgIpc) is 2.92. The molecule has 2 fully saturated rings. The summed E-state index contributed by atoms with van der Waals surface area (Å²) >= 11 is 1.57. The molecule has 2 heterocycles. The molecular weight excluding hydrogens is 258 g/mol. The van der Waals surface area contributed by atoms with Crippen LogP contribution < -0.4 is 5.32 Å². The van der Waals surface area contributed by atoms with Crippen LogP contribution in [0, 0.1) is 6.92 Å². The summed E-state index contributed by atoms with van der Waals surface area (Å²) in [4.78, 5) is 19.9. The third kappa shape index (κ3) is 3.34. The fourth-order valence-electron chi connectivity index (χ4n) is 2.51. The van der Waals surface area contributed by atoms with Crippen LogP contribution in [0.1, 0.15) is 46.1 Å². The van der Waals surface area contributed by atoms with Crippen LogP contribution in [0.2, 0.25) is 0 Å². The predicted molar refractivity (Wildman–Crippen MR) is 76.7 cm³/mol. The first-order valence-corrected chi connectivity index (χ1v) is 8.03. The SMILES string of the molecule is Cc1nc(CCN2CCCC2)sc1C(=O)NC1CC1. The Morgan fingerprint density at radius 2 is 2.16 bits per heavy atom. The summed E-state index contributed by atoms with van der Waals surface area (Å²) in [5, 5.41) is 4.14. The molecule has 0 spiro atoms. The van der Waals surface area contributed by atoms with E-state index in [1.807, 2.05) is 6.92 Å². The van der Waals surface area contributed by atoms with Gasteiger partial charge in [-0.25, -0.2) is 4.98 Å². The van der Waals surface area contributed by atoms with Gasteiger partial charge in [-0.05, 0) is 45.7 Å². The molecule has 0 aromatic carbocycles. The molecular formula is C14H21N3OS. The number of aryl methyl sites for hydroxylation is 1. The number of hydrogen-bond donors (Lipinski definition) is 1. The van der Waals surface area contributed by atoms with Gasteiger partial charge in [0.15, 0.2) is 0 Å². The Morgan fingerprint density at radius 3 is 2.84 bits per heavy atom. The quantitative estimate of drug-likeness (QED) is 0.896. The third-order valence-corrected chi connectivity index (χ3v) is 5.02. The lowest BCUT2D eigenvalue weighted by atomic mass is 10.3. The van der Waals surface area contributed by atoms with Crippen molar-refractivity contribution in [1.29, 1.82) is 0 Å². The van der Waals surface area contributed by atoms with Crippen LogP contribution in [-0.2, 0) is 6.42 Å². The number of nitrogens with one attached hydrogen (secondary N) is 1. The molecule has 104 valence electrons.